The first-order valence-electron chi connectivity index (χ1n) is 8.17. The Morgan fingerprint density at radius 3 is 2.67 bits per heavy atom. The third-order valence-electron chi connectivity index (χ3n) is 4.19. The van der Waals surface area contributed by atoms with Gasteiger partial charge in [0, 0.05) is 6.54 Å². The third kappa shape index (κ3) is 4.11. The molecule has 1 aliphatic rings. The van der Waals surface area contributed by atoms with E-state index in [2.05, 4.69) is 10.6 Å². The number of carbonyl (C=O) groups excluding carboxylic acids is 1. The minimum Gasteiger partial charge on any atom is -0.488 e. The van der Waals surface area contributed by atoms with E-state index in [1.807, 2.05) is 30.3 Å². The lowest BCUT2D eigenvalue weighted by Crippen LogP contribution is -2.37. The Morgan fingerprint density at radius 2 is 1.96 bits per heavy atom. The summed E-state index contributed by atoms with van der Waals surface area (Å²) in [6.45, 7) is 1.73. The van der Waals surface area contributed by atoms with E-state index in [0.717, 1.165) is 18.5 Å². The van der Waals surface area contributed by atoms with Gasteiger partial charge in [-0.1, -0.05) is 42.5 Å². The van der Waals surface area contributed by atoms with Crippen LogP contribution in [-0.2, 0) is 4.79 Å². The van der Waals surface area contributed by atoms with Crippen LogP contribution >= 0.6 is 0 Å². The number of hydrogen-bond donors (Lipinski definition) is 2. The minimum atomic E-state index is -0.407. The number of hydrogen-bond acceptors (Lipinski definition) is 3. The Labute approximate surface area is 141 Å². The fourth-order valence-corrected chi connectivity index (χ4v) is 2.81. The second-order valence-electron chi connectivity index (χ2n) is 5.90. The number of halogens is 1. The van der Waals surface area contributed by atoms with Gasteiger partial charge in [-0.05, 0) is 30.7 Å². The van der Waals surface area contributed by atoms with Crippen molar-refractivity contribution < 1.29 is 13.9 Å². The molecule has 1 saturated heterocycles. The fraction of sp³-hybridized carbons (Fsp3) is 0.316. The summed E-state index contributed by atoms with van der Waals surface area (Å²) in [6.07, 6.45) is 0.835. The van der Waals surface area contributed by atoms with Crippen LogP contribution in [0.15, 0.2) is 54.6 Å². The van der Waals surface area contributed by atoms with Gasteiger partial charge < -0.3 is 15.4 Å². The van der Waals surface area contributed by atoms with E-state index in [0.29, 0.717) is 6.54 Å². The molecule has 2 N–H and O–H groups in total. The van der Waals surface area contributed by atoms with Crippen molar-refractivity contribution in [1.29, 1.82) is 0 Å². The van der Waals surface area contributed by atoms with Crippen molar-refractivity contribution in [1.82, 2.24) is 10.6 Å². The van der Waals surface area contributed by atoms with Crippen LogP contribution in [0.5, 0.6) is 5.75 Å². The highest BCUT2D eigenvalue weighted by Gasteiger charge is 2.25. The van der Waals surface area contributed by atoms with E-state index in [4.69, 9.17) is 4.74 Å². The number of nitrogens with one attached hydrogen (secondary N) is 2. The minimum absolute atomic E-state index is 0.00554. The third-order valence-corrected chi connectivity index (χ3v) is 4.19. The lowest BCUT2D eigenvalue weighted by atomic mass is 10.0. The van der Waals surface area contributed by atoms with Crippen molar-refractivity contribution in [3.8, 4) is 5.75 Å². The zero-order valence-electron chi connectivity index (χ0n) is 13.4. The van der Waals surface area contributed by atoms with Gasteiger partial charge in [-0.2, -0.15) is 0 Å². The molecule has 2 unspecified atom stereocenters. The van der Waals surface area contributed by atoms with E-state index in [-0.39, 0.29) is 30.2 Å². The molecule has 2 aromatic rings. The van der Waals surface area contributed by atoms with Crippen molar-refractivity contribution >= 4 is 5.91 Å². The van der Waals surface area contributed by atoms with Crippen LogP contribution in [0.2, 0.25) is 0 Å². The molecule has 126 valence electrons. The molecule has 0 radical (unpaired) electrons. The first-order chi connectivity index (χ1) is 11.7. The molecule has 1 heterocycles. The summed E-state index contributed by atoms with van der Waals surface area (Å²) in [5, 5.41) is 6.23. The summed E-state index contributed by atoms with van der Waals surface area (Å²) in [4.78, 5) is 12.4. The summed E-state index contributed by atoms with van der Waals surface area (Å²) >= 11 is 0. The Morgan fingerprint density at radius 1 is 1.21 bits per heavy atom. The second-order valence-corrected chi connectivity index (χ2v) is 5.90. The average Bonchev–Trinajstić information content (AvgIpc) is 3.15. The van der Waals surface area contributed by atoms with Crippen LogP contribution in [-0.4, -0.2) is 25.6 Å². The van der Waals surface area contributed by atoms with E-state index < -0.39 is 5.82 Å². The van der Waals surface area contributed by atoms with Crippen LogP contribution in [0.3, 0.4) is 0 Å². The average molecular weight is 328 g/mol. The lowest BCUT2D eigenvalue weighted by molar-refractivity contribution is -0.125. The molecule has 2 atom stereocenters. The Hall–Kier alpha value is -2.40. The van der Waals surface area contributed by atoms with E-state index in [1.54, 1.807) is 18.2 Å². The normalized spacial score (nSPS) is 18.1. The van der Waals surface area contributed by atoms with Crippen molar-refractivity contribution in [2.24, 2.45) is 5.92 Å². The molecule has 0 aromatic heterocycles. The van der Waals surface area contributed by atoms with Crippen molar-refractivity contribution in [3.05, 3.63) is 66.0 Å². The van der Waals surface area contributed by atoms with E-state index >= 15 is 0 Å². The molecular formula is C19H21FN2O2. The molecule has 24 heavy (non-hydrogen) atoms. The zero-order valence-corrected chi connectivity index (χ0v) is 13.4. The number of amides is 1. The van der Waals surface area contributed by atoms with Crippen LogP contribution < -0.4 is 15.4 Å². The monoisotopic (exact) mass is 328 g/mol. The summed E-state index contributed by atoms with van der Waals surface area (Å²) in [6, 6.07) is 15.6. The number of benzene rings is 2. The molecule has 1 aliphatic heterocycles. The number of ether oxygens (including phenoxy) is 1. The van der Waals surface area contributed by atoms with Gasteiger partial charge in [-0.15, -0.1) is 0 Å². The summed E-state index contributed by atoms with van der Waals surface area (Å²) in [7, 11) is 0. The van der Waals surface area contributed by atoms with Gasteiger partial charge in [-0.25, -0.2) is 4.39 Å². The van der Waals surface area contributed by atoms with Crippen LogP contribution in [0, 0.1) is 11.7 Å². The maximum absolute atomic E-state index is 13.7. The van der Waals surface area contributed by atoms with Gasteiger partial charge in [0.1, 0.15) is 6.61 Å². The standard InChI is InChI=1S/C19H21FN2O2/c20-16-8-4-5-9-18(16)24-13-17(14-6-2-1-3-7-14)22-19(23)15-10-11-21-12-15/h1-9,15,17,21H,10-13H2,(H,22,23). The first-order valence-corrected chi connectivity index (χ1v) is 8.17. The van der Waals surface area contributed by atoms with Gasteiger partial charge in [0.25, 0.3) is 0 Å². The van der Waals surface area contributed by atoms with Crippen molar-refractivity contribution in [2.45, 2.75) is 12.5 Å². The molecule has 5 heteroatoms. The smallest absolute Gasteiger partial charge is 0.225 e. The van der Waals surface area contributed by atoms with E-state index in [1.165, 1.54) is 6.07 Å². The Bertz CT molecular complexity index is 672. The first kappa shape index (κ1) is 16.5. The van der Waals surface area contributed by atoms with Gasteiger partial charge in [0.05, 0.1) is 12.0 Å². The predicted molar refractivity (Wildman–Crippen MR) is 90.2 cm³/mol. The second kappa shape index (κ2) is 7.93. The SMILES string of the molecule is O=C(NC(COc1ccccc1F)c1ccccc1)C1CCNC1. The highest BCUT2D eigenvalue weighted by molar-refractivity contribution is 5.79. The maximum Gasteiger partial charge on any atom is 0.225 e. The predicted octanol–water partition coefficient (Wildman–Crippen LogP) is 2.67. The number of carbonyl (C=O) groups is 1. The fourth-order valence-electron chi connectivity index (χ4n) is 2.81. The van der Waals surface area contributed by atoms with Crippen LogP contribution in [0.25, 0.3) is 0 Å². The molecule has 1 fully saturated rings. The quantitative estimate of drug-likeness (QED) is 0.857. The lowest BCUT2D eigenvalue weighted by Gasteiger charge is -2.21. The number of para-hydroxylation sites is 1. The molecule has 2 aromatic carbocycles. The largest absolute Gasteiger partial charge is 0.488 e. The molecule has 4 nitrogen and oxygen atoms in total. The summed E-state index contributed by atoms with van der Waals surface area (Å²) in [5.74, 6) is -0.235. The topological polar surface area (TPSA) is 50.4 Å². The van der Waals surface area contributed by atoms with Gasteiger partial charge in [-0.3, -0.25) is 4.79 Å². The molecule has 0 spiro atoms. The molecule has 0 bridgehead atoms. The van der Waals surface area contributed by atoms with Gasteiger partial charge >= 0.3 is 0 Å². The van der Waals surface area contributed by atoms with Crippen molar-refractivity contribution in [2.75, 3.05) is 19.7 Å². The number of rotatable bonds is 6. The molecular weight excluding hydrogens is 307 g/mol. The van der Waals surface area contributed by atoms with E-state index in [9.17, 15) is 9.18 Å². The molecule has 0 saturated carbocycles. The highest BCUT2D eigenvalue weighted by Crippen LogP contribution is 2.20. The van der Waals surface area contributed by atoms with Crippen LogP contribution in [0.4, 0.5) is 4.39 Å². The van der Waals surface area contributed by atoms with Gasteiger partial charge in [0.15, 0.2) is 11.6 Å². The van der Waals surface area contributed by atoms with Crippen molar-refractivity contribution in [3.63, 3.8) is 0 Å². The molecule has 0 aliphatic carbocycles. The highest BCUT2D eigenvalue weighted by atomic mass is 19.1. The Balaban J connectivity index is 1.70. The Kier molecular flexibility index (Phi) is 5.43. The summed E-state index contributed by atoms with van der Waals surface area (Å²) < 4.78 is 19.3. The maximum atomic E-state index is 13.7. The van der Waals surface area contributed by atoms with Gasteiger partial charge in [0.2, 0.25) is 5.91 Å². The summed E-state index contributed by atoms with van der Waals surface area (Å²) in [5.41, 5.74) is 0.938. The molecule has 1 amide bonds. The van der Waals surface area contributed by atoms with Crippen LogP contribution in [0.1, 0.15) is 18.0 Å². The molecule has 3 rings (SSSR count). The zero-order chi connectivity index (χ0) is 16.8.